The Balaban J connectivity index is 2.18. The van der Waals surface area contributed by atoms with E-state index in [0.717, 1.165) is 0 Å². The number of nitrogens with zero attached hydrogens (tertiary/aromatic N) is 1. The molecule has 0 radical (unpaired) electrons. The van der Waals surface area contributed by atoms with Crippen molar-refractivity contribution in [2.45, 2.75) is 0 Å². The van der Waals surface area contributed by atoms with Crippen LogP contribution in [-0.2, 0) is 0 Å². The zero-order valence-corrected chi connectivity index (χ0v) is 14.7. The number of carbonyl (C=O) groups excluding carboxylic acids is 1. The fourth-order valence-corrected chi connectivity index (χ4v) is 2.93. The molecule has 0 unspecified atom stereocenters. The minimum Gasteiger partial charge on any atom is -0.507 e. The molecule has 0 spiro atoms. The number of hydrogen-bond donors (Lipinski definition) is 3. The van der Waals surface area contributed by atoms with Crippen LogP contribution in [0.2, 0.25) is 0 Å². The first-order valence-corrected chi connectivity index (χ1v) is 7.82. The number of terminal acetylenes is 1. The zero-order valence-electron chi connectivity index (χ0n) is 11.5. The molecule has 1 amide bonds. The fraction of sp³-hybridized carbons (Fsp3) is 0. The van der Waals surface area contributed by atoms with E-state index >= 15 is 0 Å². The Kier molecular flexibility index (Phi) is 5.42. The van der Waals surface area contributed by atoms with Crippen LogP contribution in [0.1, 0.15) is 21.5 Å². The van der Waals surface area contributed by atoms with Crippen molar-refractivity contribution >= 4 is 44.0 Å². The number of halogens is 2. The smallest absolute Gasteiger partial charge is 0.275 e. The summed E-state index contributed by atoms with van der Waals surface area (Å²) in [5.74, 6) is 1.62. The molecule has 0 fully saturated rings. The predicted octanol–water partition coefficient (Wildman–Crippen LogP) is 3.37. The third-order valence-electron chi connectivity index (χ3n) is 2.84. The van der Waals surface area contributed by atoms with E-state index < -0.39 is 5.91 Å². The highest BCUT2D eigenvalue weighted by molar-refractivity contribution is 9.11. The van der Waals surface area contributed by atoms with Crippen molar-refractivity contribution in [1.29, 1.82) is 0 Å². The van der Waals surface area contributed by atoms with Gasteiger partial charge in [-0.3, -0.25) is 4.79 Å². The van der Waals surface area contributed by atoms with Gasteiger partial charge in [0.25, 0.3) is 5.91 Å². The van der Waals surface area contributed by atoms with Crippen LogP contribution in [0.3, 0.4) is 0 Å². The van der Waals surface area contributed by atoms with Crippen molar-refractivity contribution in [3.8, 4) is 23.8 Å². The molecule has 116 valence electrons. The number of phenols is 2. The molecule has 2 aromatic rings. The quantitative estimate of drug-likeness (QED) is 0.391. The molecule has 2 rings (SSSR count). The molecule has 0 bridgehead atoms. The van der Waals surface area contributed by atoms with Crippen LogP contribution in [0.15, 0.2) is 44.4 Å². The number of benzene rings is 2. The Bertz CT molecular complexity index is 842. The van der Waals surface area contributed by atoms with Crippen molar-refractivity contribution < 1.29 is 15.0 Å². The summed E-state index contributed by atoms with van der Waals surface area (Å²) >= 11 is 6.38. The summed E-state index contributed by atoms with van der Waals surface area (Å²) in [7, 11) is 0. The van der Waals surface area contributed by atoms with Crippen LogP contribution in [0, 0.1) is 12.3 Å². The summed E-state index contributed by atoms with van der Waals surface area (Å²) in [4.78, 5) is 12.0. The Morgan fingerprint density at radius 3 is 2.70 bits per heavy atom. The monoisotopic (exact) mass is 436 g/mol. The van der Waals surface area contributed by atoms with Crippen molar-refractivity contribution in [1.82, 2.24) is 5.43 Å². The molecule has 0 aliphatic carbocycles. The Morgan fingerprint density at radius 2 is 2.00 bits per heavy atom. The van der Waals surface area contributed by atoms with Crippen LogP contribution in [0.4, 0.5) is 0 Å². The minimum absolute atomic E-state index is 0.0185. The fourth-order valence-electron chi connectivity index (χ4n) is 1.71. The van der Waals surface area contributed by atoms with Crippen LogP contribution < -0.4 is 5.43 Å². The lowest BCUT2D eigenvalue weighted by molar-refractivity contribution is 0.0952. The number of phenolic OH excluding ortho intramolecular Hbond substituents is 2. The summed E-state index contributed by atoms with van der Waals surface area (Å²) < 4.78 is 0.996. The van der Waals surface area contributed by atoms with Crippen molar-refractivity contribution in [3.05, 3.63) is 56.0 Å². The van der Waals surface area contributed by atoms with E-state index in [-0.39, 0.29) is 17.1 Å². The van der Waals surface area contributed by atoms with Gasteiger partial charge in [-0.2, -0.15) is 5.10 Å². The van der Waals surface area contributed by atoms with E-state index in [2.05, 4.69) is 48.3 Å². The highest BCUT2D eigenvalue weighted by atomic mass is 79.9. The third kappa shape index (κ3) is 4.12. The molecule has 0 aliphatic heterocycles. The van der Waals surface area contributed by atoms with E-state index in [1.807, 2.05) is 0 Å². The number of hydrogen-bond acceptors (Lipinski definition) is 4. The Morgan fingerprint density at radius 1 is 1.26 bits per heavy atom. The molecule has 0 heterocycles. The van der Waals surface area contributed by atoms with Crippen molar-refractivity contribution in [2.24, 2.45) is 5.10 Å². The van der Waals surface area contributed by atoms with Gasteiger partial charge >= 0.3 is 0 Å². The second-order valence-electron chi connectivity index (χ2n) is 4.40. The molecule has 2 aromatic carbocycles. The van der Waals surface area contributed by atoms with E-state index in [1.54, 1.807) is 18.2 Å². The highest BCUT2D eigenvalue weighted by Gasteiger charge is 2.14. The van der Waals surface area contributed by atoms with E-state index in [9.17, 15) is 15.0 Å². The van der Waals surface area contributed by atoms with Gasteiger partial charge in [-0.25, -0.2) is 5.43 Å². The zero-order chi connectivity index (χ0) is 17.0. The minimum atomic E-state index is -0.603. The average molecular weight is 438 g/mol. The van der Waals surface area contributed by atoms with Gasteiger partial charge in [0.2, 0.25) is 0 Å². The second kappa shape index (κ2) is 7.31. The van der Waals surface area contributed by atoms with Gasteiger partial charge in [0.15, 0.2) is 0 Å². The second-order valence-corrected chi connectivity index (χ2v) is 6.17. The largest absolute Gasteiger partial charge is 0.507 e. The maximum absolute atomic E-state index is 12.0. The molecule has 3 N–H and O–H groups in total. The SMILES string of the molecule is C#Cc1ccc(O)c(/C=N/NC(=O)c2cc(Br)cc(Br)c2O)c1. The van der Waals surface area contributed by atoms with Crippen LogP contribution in [0.25, 0.3) is 0 Å². The molecule has 0 aromatic heterocycles. The molecule has 0 aliphatic rings. The molecule has 0 saturated heterocycles. The van der Waals surface area contributed by atoms with Crippen LogP contribution in [0.5, 0.6) is 11.5 Å². The van der Waals surface area contributed by atoms with Gasteiger partial charge in [0, 0.05) is 15.6 Å². The number of carbonyl (C=O) groups is 1. The third-order valence-corrected chi connectivity index (χ3v) is 3.90. The predicted molar refractivity (Wildman–Crippen MR) is 94.6 cm³/mol. The summed E-state index contributed by atoms with van der Waals surface area (Å²) in [6, 6.07) is 7.65. The van der Waals surface area contributed by atoms with E-state index in [0.29, 0.717) is 20.1 Å². The first-order chi connectivity index (χ1) is 10.9. The summed E-state index contributed by atoms with van der Waals surface area (Å²) in [6.07, 6.45) is 6.55. The molecule has 0 saturated carbocycles. The Hall–Kier alpha value is -2.30. The van der Waals surface area contributed by atoms with Crippen LogP contribution in [-0.4, -0.2) is 22.3 Å². The topological polar surface area (TPSA) is 81.9 Å². The lowest BCUT2D eigenvalue weighted by Gasteiger charge is -2.06. The highest BCUT2D eigenvalue weighted by Crippen LogP contribution is 2.31. The number of amides is 1. The summed E-state index contributed by atoms with van der Waals surface area (Å²) in [5.41, 5.74) is 3.25. The van der Waals surface area contributed by atoms with E-state index in [4.69, 9.17) is 6.42 Å². The maximum Gasteiger partial charge on any atom is 0.275 e. The summed E-state index contributed by atoms with van der Waals surface area (Å²) in [5, 5.41) is 23.3. The number of nitrogens with one attached hydrogen (secondary N) is 1. The summed E-state index contributed by atoms with van der Waals surface area (Å²) in [6.45, 7) is 0. The molecule has 23 heavy (non-hydrogen) atoms. The molecule has 7 heteroatoms. The number of rotatable bonds is 3. The van der Waals surface area contributed by atoms with E-state index in [1.165, 1.54) is 18.3 Å². The van der Waals surface area contributed by atoms with Gasteiger partial charge in [-0.05, 0) is 46.3 Å². The first-order valence-electron chi connectivity index (χ1n) is 6.23. The molecule has 0 atom stereocenters. The first kappa shape index (κ1) is 17.1. The average Bonchev–Trinajstić information content (AvgIpc) is 2.52. The lowest BCUT2D eigenvalue weighted by Crippen LogP contribution is -2.18. The molecular weight excluding hydrogens is 428 g/mol. The maximum atomic E-state index is 12.0. The van der Waals surface area contributed by atoms with Gasteiger partial charge in [-0.1, -0.05) is 21.9 Å². The molecule has 5 nitrogen and oxygen atoms in total. The van der Waals surface area contributed by atoms with Gasteiger partial charge in [0.1, 0.15) is 11.5 Å². The van der Waals surface area contributed by atoms with Gasteiger partial charge in [-0.15, -0.1) is 6.42 Å². The number of aromatic hydroxyl groups is 2. The molecular formula is C16H10Br2N2O3. The van der Waals surface area contributed by atoms with Gasteiger partial charge < -0.3 is 10.2 Å². The van der Waals surface area contributed by atoms with Gasteiger partial charge in [0.05, 0.1) is 16.3 Å². The Labute approximate surface area is 149 Å². The van der Waals surface area contributed by atoms with Crippen molar-refractivity contribution in [3.63, 3.8) is 0 Å². The van der Waals surface area contributed by atoms with Crippen LogP contribution >= 0.6 is 31.9 Å². The normalized spacial score (nSPS) is 10.5. The lowest BCUT2D eigenvalue weighted by atomic mass is 10.1. The number of hydrazone groups is 1. The van der Waals surface area contributed by atoms with Crippen molar-refractivity contribution in [2.75, 3.05) is 0 Å². The standard InChI is InChI=1S/C16H10Br2N2O3/c1-2-9-3-4-14(21)10(5-9)8-19-20-16(23)12-6-11(17)7-13(18)15(12)22/h1,3-8,21-22H,(H,20,23)/b19-8+.